The van der Waals surface area contributed by atoms with Gasteiger partial charge >= 0.3 is 0 Å². The minimum Gasteiger partial charge on any atom is -0.395 e. The molecule has 0 amide bonds. The highest BCUT2D eigenvalue weighted by Gasteiger charge is 2.13. The Morgan fingerprint density at radius 2 is 1.88 bits per heavy atom. The molecule has 4 heteroatoms. The zero-order chi connectivity index (χ0) is 19.1. The maximum absolute atomic E-state index is 12.5. The lowest BCUT2D eigenvalue weighted by molar-refractivity contribution is 0.0971. The van der Waals surface area contributed by atoms with Crippen LogP contribution in [-0.4, -0.2) is 28.1 Å². The molecule has 1 heterocycles. The number of nitrogens with two attached hydrogens (primary N) is 1. The van der Waals surface area contributed by atoms with Crippen LogP contribution in [0.15, 0.2) is 30.3 Å². The number of unbranched alkanes of at least 4 members (excludes halogenated alkanes) is 1. The highest BCUT2D eigenvalue weighted by atomic mass is 16.3. The number of nitrogens with zero attached hydrogens (tertiary/aromatic N) is 1. The number of hydrogen-bond donors (Lipinski definition) is 2. The van der Waals surface area contributed by atoms with Gasteiger partial charge in [-0.1, -0.05) is 18.2 Å². The predicted octanol–water partition coefficient (Wildman–Crippen LogP) is 3.49. The average Bonchev–Trinajstić information content (AvgIpc) is 3.00. The molecule has 0 aliphatic heterocycles. The first-order chi connectivity index (χ1) is 12.4. The summed E-state index contributed by atoms with van der Waals surface area (Å²) in [7, 11) is 1.93. The van der Waals surface area contributed by atoms with Crippen LogP contribution in [0.5, 0.6) is 0 Å². The Balaban J connectivity index is 1.80. The first-order valence-corrected chi connectivity index (χ1v) is 9.52. The molecule has 4 nitrogen and oxygen atoms in total. The summed E-state index contributed by atoms with van der Waals surface area (Å²) in [5.74, 6) is 0.199. The maximum atomic E-state index is 12.5. The van der Waals surface area contributed by atoms with Gasteiger partial charge in [0.05, 0.1) is 12.3 Å². The van der Waals surface area contributed by atoms with Crippen molar-refractivity contribution in [1.29, 1.82) is 0 Å². The van der Waals surface area contributed by atoms with Gasteiger partial charge in [-0.15, -0.1) is 0 Å². The summed E-state index contributed by atoms with van der Waals surface area (Å²) in [5, 5.41) is 9.02. The lowest BCUT2D eigenvalue weighted by atomic mass is 10.0. The molecule has 2 rings (SSSR count). The van der Waals surface area contributed by atoms with Crippen LogP contribution < -0.4 is 5.73 Å². The lowest BCUT2D eigenvalue weighted by Crippen LogP contribution is -2.25. The van der Waals surface area contributed by atoms with E-state index in [0.717, 1.165) is 43.5 Å². The number of carbonyl (C=O) groups excluding carboxylic acids is 1. The third-order valence-electron chi connectivity index (χ3n) is 5.21. The first kappa shape index (κ1) is 20.4. The number of aliphatic hydroxyl groups is 1. The van der Waals surface area contributed by atoms with E-state index in [0.29, 0.717) is 6.42 Å². The molecular weight excluding hydrogens is 324 g/mol. The van der Waals surface area contributed by atoms with E-state index in [1.54, 1.807) is 0 Å². The molecule has 0 radical (unpaired) electrons. The number of ketones is 1. The molecule has 26 heavy (non-hydrogen) atoms. The minimum atomic E-state index is -0.200. The molecule has 1 aromatic heterocycles. The van der Waals surface area contributed by atoms with Crippen molar-refractivity contribution in [3.8, 4) is 0 Å². The van der Waals surface area contributed by atoms with Gasteiger partial charge in [0.15, 0.2) is 5.78 Å². The minimum absolute atomic E-state index is 0.00326. The summed E-state index contributed by atoms with van der Waals surface area (Å²) in [6.07, 6.45) is 5.03. The standard InChI is InChI=1S/C22H32N2O2/c1-16-8-9-18(14-17(16)2)6-4-5-7-22(26)21-13-12-20(24(21)3)11-10-19(23)15-25/h8-9,12-14,19,25H,4-7,10-11,15,23H2,1-3H3. The van der Waals surface area contributed by atoms with E-state index >= 15 is 0 Å². The van der Waals surface area contributed by atoms with Crippen molar-refractivity contribution in [2.24, 2.45) is 12.8 Å². The summed E-state index contributed by atoms with van der Waals surface area (Å²) >= 11 is 0. The number of hydrogen-bond acceptors (Lipinski definition) is 3. The lowest BCUT2D eigenvalue weighted by Gasteiger charge is -2.10. The summed E-state index contributed by atoms with van der Waals surface area (Å²) < 4.78 is 1.97. The number of Topliss-reactive ketones (excluding diaryl/α,β-unsaturated/α-hetero) is 1. The zero-order valence-corrected chi connectivity index (χ0v) is 16.3. The fraction of sp³-hybridized carbons (Fsp3) is 0.500. The van der Waals surface area contributed by atoms with Crippen LogP contribution in [-0.2, 0) is 19.9 Å². The van der Waals surface area contributed by atoms with Gasteiger partial charge in [0.25, 0.3) is 0 Å². The van der Waals surface area contributed by atoms with Crippen LogP contribution in [0.1, 0.15) is 58.6 Å². The molecule has 1 unspecified atom stereocenters. The molecule has 142 valence electrons. The number of carbonyl (C=O) groups is 1. The number of aromatic nitrogens is 1. The largest absolute Gasteiger partial charge is 0.395 e. The highest BCUT2D eigenvalue weighted by molar-refractivity contribution is 5.94. The molecule has 0 bridgehead atoms. The number of rotatable bonds is 10. The van der Waals surface area contributed by atoms with Crippen LogP contribution in [0.2, 0.25) is 0 Å². The quantitative estimate of drug-likeness (QED) is 0.506. The van der Waals surface area contributed by atoms with Gasteiger partial charge in [-0.2, -0.15) is 0 Å². The monoisotopic (exact) mass is 356 g/mol. The van der Waals surface area contributed by atoms with E-state index in [1.165, 1.54) is 16.7 Å². The Labute approximate surface area is 157 Å². The Morgan fingerprint density at radius 1 is 1.12 bits per heavy atom. The van der Waals surface area contributed by atoms with Crippen LogP contribution in [0.25, 0.3) is 0 Å². The molecule has 0 aliphatic carbocycles. The van der Waals surface area contributed by atoms with Crippen LogP contribution >= 0.6 is 0 Å². The van der Waals surface area contributed by atoms with Gasteiger partial charge in [0.2, 0.25) is 0 Å². The second-order valence-corrected chi connectivity index (χ2v) is 7.30. The highest BCUT2D eigenvalue weighted by Crippen LogP contribution is 2.16. The molecule has 2 aromatic rings. The van der Waals surface area contributed by atoms with Gasteiger partial charge in [-0.3, -0.25) is 4.79 Å². The van der Waals surface area contributed by atoms with Crippen molar-refractivity contribution in [2.45, 2.75) is 58.4 Å². The third-order valence-corrected chi connectivity index (χ3v) is 5.21. The Bertz CT molecular complexity index is 734. The third kappa shape index (κ3) is 5.55. The summed E-state index contributed by atoms with van der Waals surface area (Å²) in [5.41, 5.74) is 11.6. The van der Waals surface area contributed by atoms with Gasteiger partial charge in [0.1, 0.15) is 0 Å². The van der Waals surface area contributed by atoms with E-state index in [-0.39, 0.29) is 18.4 Å². The van der Waals surface area contributed by atoms with Crippen LogP contribution in [0.3, 0.4) is 0 Å². The number of benzene rings is 1. The Hall–Kier alpha value is -1.91. The predicted molar refractivity (Wildman–Crippen MR) is 107 cm³/mol. The van der Waals surface area contributed by atoms with Gasteiger partial charge in [-0.25, -0.2) is 0 Å². The molecule has 1 atom stereocenters. The summed E-state index contributed by atoms with van der Waals surface area (Å²) in [4.78, 5) is 12.5. The fourth-order valence-electron chi connectivity index (χ4n) is 3.21. The number of aryl methyl sites for hydroxylation is 4. The molecule has 0 saturated heterocycles. The van der Waals surface area contributed by atoms with Crippen molar-refractivity contribution < 1.29 is 9.90 Å². The van der Waals surface area contributed by atoms with Gasteiger partial charge < -0.3 is 15.4 Å². The van der Waals surface area contributed by atoms with Gasteiger partial charge in [0, 0.05) is 25.2 Å². The first-order valence-electron chi connectivity index (χ1n) is 9.52. The summed E-state index contributed by atoms with van der Waals surface area (Å²) in [6.45, 7) is 4.27. The van der Waals surface area contributed by atoms with Crippen molar-refractivity contribution in [3.63, 3.8) is 0 Å². The molecule has 1 aromatic carbocycles. The van der Waals surface area contributed by atoms with E-state index in [9.17, 15) is 4.79 Å². The Morgan fingerprint density at radius 3 is 2.58 bits per heavy atom. The van der Waals surface area contributed by atoms with E-state index in [4.69, 9.17) is 10.8 Å². The SMILES string of the molecule is Cc1ccc(CCCCC(=O)c2ccc(CCC(N)CO)n2C)cc1C. The fourth-order valence-corrected chi connectivity index (χ4v) is 3.21. The zero-order valence-electron chi connectivity index (χ0n) is 16.3. The van der Waals surface area contributed by atoms with E-state index in [2.05, 4.69) is 32.0 Å². The van der Waals surface area contributed by atoms with Crippen LogP contribution in [0, 0.1) is 13.8 Å². The smallest absolute Gasteiger partial charge is 0.179 e. The molecule has 0 saturated carbocycles. The summed E-state index contributed by atoms with van der Waals surface area (Å²) in [6, 6.07) is 10.3. The molecule has 0 fully saturated rings. The van der Waals surface area contributed by atoms with Crippen LogP contribution in [0.4, 0.5) is 0 Å². The molecule has 3 N–H and O–H groups in total. The van der Waals surface area contributed by atoms with Crippen molar-refractivity contribution in [3.05, 3.63) is 58.4 Å². The Kier molecular flexibility index (Phi) is 7.61. The van der Waals surface area contributed by atoms with E-state index < -0.39 is 0 Å². The molecule has 0 spiro atoms. The van der Waals surface area contributed by atoms with Gasteiger partial charge in [-0.05, 0) is 74.8 Å². The van der Waals surface area contributed by atoms with Crippen molar-refractivity contribution in [2.75, 3.05) is 6.61 Å². The average molecular weight is 357 g/mol. The number of aliphatic hydroxyl groups excluding tert-OH is 1. The molecular formula is C22H32N2O2. The second kappa shape index (κ2) is 9.70. The van der Waals surface area contributed by atoms with Crippen molar-refractivity contribution >= 4 is 5.78 Å². The maximum Gasteiger partial charge on any atom is 0.179 e. The second-order valence-electron chi connectivity index (χ2n) is 7.30. The normalized spacial score (nSPS) is 12.3. The van der Waals surface area contributed by atoms with E-state index in [1.807, 2.05) is 23.7 Å². The van der Waals surface area contributed by atoms with Crippen molar-refractivity contribution in [1.82, 2.24) is 4.57 Å². The molecule has 0 aliphatic rings. The topological polar surface area (TPSA) is 68.2 Å².